The predicted octanol–water partition coefficient (Wildman–Crippen LogP) is 1.93. The van der Waals surface area contributed by atoms with E-state index in [4.69, 9.17) is 10.5 Å². The molecular formula is C14H24N2O3S. The van der Waals surface area contributed by atoms with Gasteiger partial charge >= 0.3 is 0 Å². The van der Waals surface area contributed by atoms with Crippen molar-refractivity contribution >= 4 is 15.7 Å². The van der Waals surface area contributed by atoms with Gasteiger partial charge in [-0.3, -0.25) is 0 Å². The van der Waals surface area contributed by atoms with E-state index in [0.29, 0.717) is 18.8 Å². The van der Waals surface area contributed by atoms with Crippen LogP contribution in [0.5, 0.6) is 0 Å². The number of anilines is 1. The zero-order valence-corrected chi connectivity index (χ0v) is 13.6. The number of nitrogens with zero attached hydrogens (tertiary/aromatic N) is 1. The largest absolute Gasteiger partial charge is 0.399 e. The Bertz CT molecular complexity index is 568. The Kier molecular flexibility index (Phi) is 5.56. The number of rotatable bonds is 6. The fourth-order valence-electron chi connectivity index (χ4n) is 2.09. The summed E-state index contributed by atoms with van der Waals surface area (Å²) in [5, 5.41) is 0. The van der Waals surface area contributed by atoms with Crippen molar-refractivity contribution in [3.63, 3.8) is 0 Å². The van der Waals surface area contributed by atoms with Crippen LogP contribution in [-0.2, 0) is 14.8 Å². The van der Waals surface area contributed by atoms with Gasteiger partial charge in [0.15, 0.2) is 0 Å². The van der Waals surface area contributed by atoms with Gasteiger partial charge in [0.1, 0.15) is 0 Å². The molecule has 0 bridgehead atoms. The molecule has 0 aliphatic rings. The van der Waals surface area contributed by atoms with Crippen LogP contribution in [0.3, 0.4) is 0 Å². The van der Waals surface area contributed by atoms with Crippen molar-refractivity contribution < 1.29 is 13.2 Å². The molecule has 1 aromatic rings. The second-order valence-corrected chi connectivity index (χ2v) is 7.02. The normalized spacial score (nSPS) is 12.3. The molecule has 5 nitrogen and oxygen atoms in total. The molecule has 1 rings (SSSR count). The first kappa shape index (κ1) is 16.9. The standard InChI is InChI=1S/C14H24N2O3S/c1-10(2)16(6-7-19-5)20(17,18)14-9-13(15)8-11(3)12(14)4/h8-10H,6-7,15H2,1-5H3. The van der Waals surface area contributed by atoms with Crippen molar-refractivity contribution in [1.29, 1.82) is 0 Å². The summed E-state index contributed by atoms with van der Waals surface area (Å²) in [6, 6.07) is 3.17. The fourth-order valence-corrected chi connectivity index (χ4v) is 4.04. The number of ether oxygens (including phenoxy) is 1. The number of nitrogen functional groups attached to an aromatic ring is 1. The van der Waals surface area contributed by atoms with Crippen molar-refractivity contribution in [2.45, 2.75) is 38.6 Å². The molecule has 0 amide bonds. The third-order valence-electron chi connectivity index (χ3n) is 3.32. The minimum atomic E-state index is -3.57. The summed E-state index contributed by atoms with van der Waals surface area (Å²) in [6.45, 7) is 8.04. The van der Waals surface area contributed by atoms with Gasteiger partial charge in [0.05, 0.1) is 11.5 Å². The smallest absolute Gasteiger partial charge is 0.243 e. The summed E-state index contributed by atoms with van der Waals surface area (Å²) in [4.78, 5) is 0.278. The highest BCUT2D eigenvalue weighted by molar-refractivity contribution is 7.89. The summed E-state index contributed by atoms with van der Waals surface area (Å²) in [5.74, 6) is 0. The maximum Gasteiger partial charge on any atom is 0.243 e. The SMILES string of the molecule is COCCN(C(C)C)S(=O)(=O)c1cc(N)cc(C)c1C. The monoisotopic (exact) mass is 300 g/mol. The lowest BCUT2D eigenvalue weighted by Gasteiger charge is -2.26. The molecule has 0 fully saturated rings. The van der Waals surface area contributed by atoms with Crippen LogP contribution < -0.4 is 5.73 Å². The van der Waals surface area contributed by atoms with Crippen molar-refractivity contribution in [3.05, 3.63) is 23.3 Å². The first-order valence-corrected chi connectivity index (χ1v) is 8.03. The zero-order chi connectivity index (χ0) is 15.5. The highest BCUT2D eigenvalue weighted by atomic mass is 32.2. The first-order chi connectivity index (χ1) is 9.21. The molecule has 0 aromatic heterocycles. The minimum Gasteiger partial charge on any atom is -0.399 e. The molecule has 20 heavy (non-hydrogen) atoms. The van der Waals surface area contributed by atoms with E-state index in [2.05, 4.69) is 0 Å². The maximum absolute atomic E-state index is 12.8. The Labute approximate surface area is 121 Å². The van der Waals surface area contributed by atoms with Crippen molar-refractivity contribution in [3.8, 4) is 0 Å². The lowest BCUT2D eigenvalue weighted by atomic mass is 10.1. The number of benzene rings is 1. The molecular weight excluding hydrogens is 276 g/mol. The number of hydrogen-bond acceptors (Lipinski definition) is 4. The van der Waals surface area contributed by atoms with Gasteiger partial charge in [0.2, 0.25) is 10.0 Å². The van der Waals surface area contributed by atoms with E-state index < -0.39 is 10.0 Å². The molecule has 0 radical (unpaired) electrons. The molecule has 2 N–H and O–H groups in total. The van der Waals surface area contributed by atoms with Gasteiger partial charge in [-0.15, -0.1) is 0 Å². The minimum absolute atomic E-state index is 0.142. The average molecular weight is 300 g/mol. The molecule has 114 valence electrons. The summed E-state index contributed by atoms with van der Waals surface area (Å²) < 4.78 is 32.1. The van der Waals surface area contributed by atoms with E-state index in [0.717, 1.165) is 11.1 Å². The van der Waals surface area contributed by atoms with E-state index in [1.165, 1.54) is 10.4 Å². The van der Waals surface area contributed by atoms with Crippen LogP contribution in [0.4, 0.5) is 5.69 Å². The Morgan fingerprint density at radius 3 is 2.40 bits per heavy atom. The first-order valence-electron chi connectivity index (χ1n) is 6.59. The van der Waals surface area contributed by atoms with Crippen LogP contribution >= 0.6 is 0 Å². The van der Waals surface area contributed by atoms with E-state index in [1.807, 2.05) is 20.8 Å². The van der Waals surface area contributed by atoms with Gasteiger partial charge in [0.25, 0.3) is 0 Å². The molecule has 0 aliphatic heterocycles. The second-order valence-electron chi connectivity index (χ2n) is 5.16. The molecule has 6 heteroatoms. The summed E-state index contributed by atoms with van der Waals surface area (Å²) >= 11 is 0. The van der Waals surface area contributed by atoms with Crippen LogP contribution in [0.2, 0.25) is 0 Å². The Morgan fingerprint density at radius 2 is 1.90 bits per heavy atom. The summed E-state index contributed by atoms with van der Waals surface area (Å²) in [6.07, 6.45) is 0. The quantitative estimate of drug-likeness (QED) is 0.815. The van der Waals surface area contributed by atoms with Crippen LogP contribution in [0.25, 0.3) is 0 Å². The highest BCUT2D eigenvalue weighted by Crippen LogP contribution is 2.26. The van der Waals surface area contributed by atoms with E-state index in [9.17, 15) is 8.42 Å². The number of nitrogens with two attached hydrogens (primary N) is 1. The van der Waals surface area contributed by atoms with Gasteiger partial charge in [0, 0.05) is 25.4 Å². The number of sulfonamides is 1. The van der Waals surface area contributed by atoms with Gasteiger partial charge in [-0.1, -0.05) is 0 Å². The molecule has 0 spiro atoms. The molecule has 0 heterocycles. The third-order valence-corrected chi connectivity index (χ3v) is 5.52. The maximum atomic E-state index is 12.8. The molecule has 0 unspecified atom stereocenters. The van der Waals surface area contributed by atoms with Gasteiger partial charge in [-0.05, 0) is 51.0 Å². The average Bonchev–Trinajstić information content (AvgIpc) is 2.33. The number of methoxy groups -OCH3 is 1. The number of hydrogen-bond donors (Lipinski definition) is 1. The lowest BCUT2D eigenvalue weighted by molar-refractivity contribution is 0.171. The zero-order valence-electron chi connectivity index (χ0n) is 12.8. The van der Waals surface area contributed by atoms with Gasteiger partial charge in [-0.25, -0.2) is 8.42 Å². The van der Waals surface area contributed by atoms with Crippen LogP contribution in [0, 0.1) is 13.8 Å². The Balaban J connectivity index is 3.33. The van der Waals surface area contributed by atoms with E-state index in [1.54, 1.807) is 20.1 Å². The lowest BCUT2D eigenvalue weighted by Crippen LogP contribution is -2.39. The Morgan fingerprint density at radius 1 is 1.30 bits per heavy atom. The molecule has 0 saturated heterocycles. The molecule has 0 atom stereocenters. The van der Waals surface area contributed by atoms with E-state index in [-0.39, 0.29) is 10.9 Å². The highest BCUT2D eigenvalue weighted by Gasteiger charge is 2.28. The number of aryl methyl sites for hydroxylation is 1. The van der Waals surface area contributed by atoms with Crippen molar-refractivity contribution in [1.82, 2.24) is 4.31 Å². The van der Waals surface area contributed by atoms with Gasteiger partial charge in [-0.2, -0.15) is 4.31 Å². The van der Waals surface area contributed by atoms with Crippen LogP contribution in [0.15, 0.2) is 17.0 Å². The third kappa shape index (κ3) is 3.50. The Hall–Kier alpha value is -1.11. The fraction of sp³-hybridized carbons (Fsp3) is 0.571. The van der Waals surface area contributed by atoms with E-state index >= 15 is 0 Å². The summed E-state index contributed by atoms with van der Waals surface area (Å²) in [7, 11) is -2.02. The predicted molar refractivity (Wildman–Crippen MR) is 81.2 cm³/mol. The van der Waals surface area contributed by atoms with Crippen LogP contribution in [0.1, 0.15) is 25.0 Å². The van der Waals surface area contributed by atoms with Crippen LogP contribution in [-0.4, -0.2) is 39.0 Å². The van der Waals surface area contributed by atoms with Crippen molar-refractivity contribution in [2.75, 3.05) is 26.0 Å². The second kappa shape index (κ2) is 6.56. The topological polar surface area (TPSA) is 72.6 Å². The summed E-state index contributed by atoms with van der Waals surface area (Å²) in [5.41, 5.74) is 7.87. The molecule has 0 saturated carbocycles. The van der Waals surface area contributed by atoms with Crippen molar-refractivity contribution in [2.24, 2.45) is 0 Å². The molecule has 1 aromatic carbocycles. The molecule has 0 aliphatic carbocycles. The van der Waals surface area contributed by atoms with Gasteiger partial charge < -0.3 is 10.5 Å².